The van der Waals surface area contributed by atoms with E-state index in [1.54, 1.807) is 6.07 Å². The number of halogens is 2. The van der Waals surface area contributed by atoms with Crippen LogP contribution in [0.15, 0.2) is 39.7 Å². The van der Waals surface area contributed by atoms with Gasteiger partial charge in [0, 0.05) is 6.20 Å². The van der Waals surface area contributed by atoms with Crippen molar-refractivity contribution in [1.29, 1.82) is 0 Å². The van der Waals surface area contributed by atoms with Gasteiger partial charge >= 0.3 is 0 Å². The molecule has 2 aromatic rings. The fourth-order valence-corrected chi connectivity index (χ4v) is 1.85. The summed E-state index contributed by atoms with van der Waals surface area (Å²) in [6, 6.07) is 2.66. The van der Waals surface area contributed by atoms with Crippen LogP contribution >= 0.6 is 15.9 Å². The second-order valence-corrected chi connectivity index (χ2v) is 4.02. The van der Waals surface area contributed by atoms with Gasteiger partial charge in [0.15, 0.2) is 0 Å². The molecule has 0 amide bonds. The predicted molar refractivity (Wildman–Crippen MR) is 59.8 cm³/mol. The van der Waals surface area contributed by atoms with Crippen molar-refractivity contribution in [2.24, 2.45) is 5.84 Å². The zero-order chi connectivity index (χ0) is 11.5. The molecule has 2 heterocycles. The molecule has 0 radical (unpaired) electrons. The van der Waals surface area contributed by atoms with Crippen molar-refractivity contribution in [3.05, 3.63) is 52.4 Å². The second-order valence-electron chi connectivity index (χ2n) is 3.17. The monoisotopic (exact) mass is 285 g/mol. The molecule has 0 saturated heterocycles. The molecule has 1 unspecified atom stereocenters. The average Bonchev–Trinajstić information content (AvgIpc) is 2.67. The van der Waals surface area contributed by atoms with Gasteiger partial charge in [0.25, 0.3) is 0 Å². The van der Waals surface area contributed by atoms with Crippen molar-refractivity contribution in [3.8, 4) is 0 Å². The van der Waals surface area contributed by atoms with E-state index in [0.29, 0.717) is 11.3 Å². The number of hydrogen-bond donors (Lipinski definition) is 2. The lowest BCUT2D eigenvalue weighted by atomic mass is 10.1. The second kappa shape index (κ2) is 4.73. The number of furan rings is 1. The number of nitrogens with two attached hydrogens (primary N) is 1. The van der Waals surface area contributed by atoms with Gasteiger partial charge in [0.05, 0.1) is 16.9 Å². The molecule has 0 spiro atoms. The molecule has 1 atom stereocenters. The van der Waals surface area contributed by atoms with Crippen LogP contribution in [0.25, 0.3) is 0 Å². The number of nitrogens with one attached hydrogen (secondary N) is 1. The van der Waals surface area contributed by atoms with Crippen LogP contribution in [-0.2, 0) is 0 Å². The van der Waals surface area contributed by atoms with Gasteiger partial charge in [-0.3, -0.25) is 10.8 Å². The number of aromatic nitrogens is 1. The van der Waals surface area contributed by atoms with E-state index >= 15 is 0 Å². The van der Waals surface area contributed by atoms with Gasteiger partial charge in [0.1, 0.15) is 17.6 Å². The molecule has 4 nitrogen and oxygen atoms in total. The first kappa shape index (κ1) is 11.3. The first-order valence-electron chi connectivity index (χ1n) is 4.52. The summed E-state index contributed by atoms with van der Waals surface area (Å²) in [4.78, 5) is 3.77. The van der Waals surface area contributed by atoms with Crippen molar-refractivity contribution in [3.63, 3.8) is 0 Å². The van der Waals surface area contributed by atoms with E-state index in [4.69, 9.17) is 10.3 Å². The van der Waals surface area contributed by atoms with Crippen molar-refractivity contribution in [2.45, 2.75) is 6.04 Å². The van der Waals surface area contributed by atoms with Gasteiger partial charge in [-0.2, -0.15) is 0 Å². The molecule has 16 heavy (non-hydrogen) atoms. The van der Waals surface area contributed by atoms with Crippen LogP contribution in [0, 0.1) is 5.82 Å². The minimum Gasteiger partial charge on any atom is -0.466 e. The van der Waals surface area contributed by atoms with Crippen LogP contribution in [0.4, 0.5) is 4.39 Å². The summed E-state index contributed by atoms with van der Waals surface area (Å²) >= 11 is 3.32. The van der Waals surface area contributed by atoms with Crippen LogP contribution in [0.5, 0.6) is 0 Å². The summed E-state index contributed by atoms with van der Waals surface area (Å²) < 4.78 is 19.1. The Morgan fingerprint density at radius 1 is 1.50 bits per heavy atom. The van der Waals surface area contributed by atoms with E-state index in [2.05, 4.69) is 26.3 Å². The highest BCUT2D eigenvalue weighted by Gasteiger charge is 2.19. The van der Waals surface area contributed by atoms with Gasteiger partial charge < -0.3 is 4.42 Å². The molecule has 6 heteroatoms. The SMILES string of the molecule is NNC(c1cncc(F)c1)c1occc1Br. The lowest BCUT2D eigenvalue weighted by Gasteiger charge is -2.13. The fourth-order valence-electron chi connectivity index (χ4n) is 1.42. The maximum atomic E-state index is 13.0. The van der Waals surface area contributed by atoms with E-state index in [0.717, 1.165) is 10.7 Å². The molecular weight excluding hydrogens is 277 g/mol. The molecule has 0 aliphatic heterocycles. The average molecular weight is 286 g/mol. The minimum absolute atomic E-state index is 0.416. The van der Waals surface area contributed by atoms with E-state index < -0.39 is 11.9 Å². The first-order chi connectivity index (χ1) is 7.72. The number of rotatable bonds is 3. The van der Waals surface area contributed by atoms with Crippen molar-refractivity contribution >= 4 is 15.9 Å². The molecule has 0 aliphatic rings. The third-order valence-electron chi connectivity index (χ3n) is 2.13. The Kier molecular flexibility index (Phi) is 3.33. The first-order valence-corrected chi connectivity index (χ1v) is 5.31. The van der Waals surface area contributed by atoms with Gasteiger partial charge in [-0.1, -0.05) is 0 Å². The Morgan fingerprint density at radius 2 is 2.31 bits per heavy atom. The third-order valence-corrected chi connectivity index (χ3v) is 2.79. The molecule has 2 rings (SSSR count). The van der Waals surface area contributed by atoms with Gasteiger partial charge in [-0.25, -0.2) is 9.82 Å². The van der Waals surface area contributed by atoms with Gasteiger partial charge in [-0.15, -0.1) is 0 Å². The zero-order valence-corrected chi connectivity index (χ0v) is 9.74. The molecule has 0 fully saturated rings. The van der Waals surface area contributed by atoms with Crippen molar-refractivity contribution in [2.75, 3.05) is 0 Å². The van der Waals surface area contributed by atoms with E-state index in [1.165, 1.54) is 18.5 Å². The Labute approximate surface area is 99.8 Å². The molecule has 0 aromatic carbocycles. The minimum atomic E-state index is -0.437. The molecule has 2 aromatic heterocycles. The van der Waals surface area contributed by atoms with Crippen LogP contribution < -0.4 is 11.3 Å². The number of pyridine rings is 1. The summed E-state index contributed by atoms with van der Waals surface area (Å²) in [6.45, 7) is 0. The highest BCUT2D eigenvalue weighted by Crippen LogP contribution is 2.28. The predicted octanol–water partition coefficient (Wildman–Crippen LogP) is 2.13. The largest absolute Gasteiger partial charge is 0.466 e. The Morgan fingerprint density at radius 3 is 2.88 bits per heavy atom. The number of hydrogen-bond acceptors (Lipinski definition) is 4. The summed E-state index contributed by atoms with van der Waals surface area (Å²) in [7, 11) is 0. The quantitative estimate of drug-likeness (QED) is 0.670. The van der Waals surface area contributed by atoms with Crippen LogP contribution in [-0.4, -0.2) is 4.98 Å². The third kappa shape index (κ3) is 2.13. The maximum absolute atomic E-state index is 13.0. The molecular formula is C10H9BrFN3O. The lowest BCUT2D eigenvalue weighted by Crippen LogP contribution is -2.28. The normalized spacial score (nSPS) is 12.7. The van der Waals surface area contributed by atoms with Crippen LogP contribution in [0.2, 0.25) is 0 Å². The van der Waals surface area contributed by atoms with E-state index in [1.807, 2.05) is 0 Å². The molecule has 84 valence electrons. The highest BCUT2D eigenvalue weighted by molar-refractivity contribution is 9.10. The van der Waals surface area contributed by atoms with Gasteiger partial charge in [0.2, 0.25) is 0 Å². The van der Waals surface area contributed by atoms with E-state index in [9.17, 15) is 4.39 Å². The molecule has 3 N–H and O–H groups in total. The number of hydrazine groups is 1. The van der Waals surface area contributed by atoms with Crippen LogP contribution in [0.1, 0.15) is 17.4 Å². The fraction of sp³-hybridized carbons (Fsp3) is 0.100. The summed E-state index contributed by atoms with van der Waals surface area (Å²) in [6.07, 6.45) is 4.19. The van der Waals surface area contributed by atoms with Crippen LogP contribution in [0.3, 0.4) is 0 Å². The lowest BCUT2D eigenvalue weighted by molar-refractivity contribution is 0.448. The Hall–Kier alpha value is -1.24. The molecule has 0 aliphatic carbocycles. The summed E-state index contributed by atoms with van der Waals surface area (Å²) in [5.74, 6) is 5.60. The zero-order valence-electron chi connectivity index (χ0n) is 8.15. The summed E-state index contributed by atoms with van der Waals surface area (Å²) in [5, 5.41) is 0. The van der Waals surface area contributed by atoms with Crippen molar-refractivity contribution < 1.29 is 8.81 Å². The summed E-state index contributed by atoms with van der Waals surface area (Å²) in [5.41, 5.74) is 3.15. The Bertz CT molecular complexity index is 488. The maximum Gasteiger partial charge on any atom is 0.141 e. The smallest absolute Gasteiger partial charge is 0.141 e. The van der Waals surface area contributed by atoms with E-state index in [-0.39, 0.29) is 0 Å². The van der Waals surface area contributed by atoms with Crippen molar-refractivity contribution in [1.82, 2.24) is 10.4 Å². The number of nitrogens with zero attached hydrogens (tertiary/aromatic N) is 1. The topological polar surface area (TPSA) is 64.1 Å². The molecule has 0 bridgehead atoms. The standard InChI is InChI=1S/C10H9BrFN3O/c11-8-1-2-16-10(8)9(15-13)6-3-7(12)5-14-4-6/h1-5,9,15H,13H2. The molecule has 0 saturated carbocycles. The van der Waals surface area contributed by atoms with Gasteiger partial charge in [-0.05, 0) is 33.6 Å². The highest BCUT2D eigenvalue weighted by atomic mass is 79.9. The Balaban J connectivity index is 2.40.